The van der Waals surface area contributed by atoms with Crippen LogP contribution < -0.4 is 10.6 Å². The number of benzene rings is 2. The van der Waals surface area contributed by atoms with Crippen molar-refractivity contribution in [3.8, 4) is 0 Å². The van der Waals surface area contributed by atoms with Crippen molar-refractivity contribution in [2.45, 2.75) is 18.7 Å². The summed E-state index contributed by atoms with van der Waals surface area (Å²) in [5.41, 5.74) is 2.32. The third kappa shape index (κ3) is 4.59. The molecular formula is C18H22FN3O3S. The van der Waals surface area contributed by atoms with E-state index in [2.05, 4.69) is 10.6 Å². The highest BCUT2D eigenvalue weighted by Crippen LogP contribution is 2.22. The molecule has 0 aliphatic heterocycles. The van der Waals surface area contributed by atoms with Crippen LogP contribution in [0, 0.1) is 19.7 Å². The van der Waals surface area contributed by atoms with Gasteiger partial charge in [-0.2, -0.15) is 0 Å². The molecule has 0 aromatic heterocycles. The van der Waals surface area contributed by atoms with Gasteiger partial charge in [0.25, 0.3) is 0 Å². The Labute approximate surface area is 153 Å². The lowest BCUT2D eigenvalue weighted by atomic mass is 10.2. The van der Waals surface area contributed by atoms with E-state index in [1.54, 1.807) is 32.0 Å². The number of hydrogen-bond acceptors (Lipinski definition) is 4. The second-order valence-electron chi connectivity index (χ2n) is 6.13. The Morgan fingerprint density at radius 2 is 1.77 bits per heavy atom. The van der Waals surface area contributed by atoms with Gasteiger partial charge in [-0.15, -0.1) is 0 Å². The molecule has 0 saturated heterocycles. The standard InChI is InChI=1S/C18H22FN3O3S/c1-12-5-7-15(10-17(12)26(24,25)22(3)4)21-18(23)11-20-16-8-6-14(19)9-13(16)2/h5-10,20H,11H2,1-4H3,(H,21,23). The van der Waals surface area contributed by atoms with E-state index >= 15 is 0 Å². The van der Waals surface area contributed by atoms with Crippen LogP contribution >= 0.6 is 0 Å². The number of anilines is 2. The van der Waals surface area contributed by atoms with Crippen molar-refractivity contribution in [1.29, 1.82) is 0 Å². The first kappa shape index (κ1) is 19.9. The van der Waals surface area contributed by atoms with E-state index in [9.17, 15) is 17.6 Å². The highest BCUT2D eigenvalue weighted by molar-refractivity contribution is 7.89. The van der Waals surface area contributed by atoms with Crippen molar-refractivity contribution in [3.05, 3.63) is 53.3 Å². The van der Waals surface area contributed by atoms with Crippen LogP contribution in [-0.2, 0) is 14.8 Å². The average molecular weight is 379 g/mol. The fraction of sp³-hybridized carbons (Fsp3) is 0.278. The lowest BCUT2D eigenvalue weighted by Gasteiger charge is -2.15. The van der Waals surface area contributed by atoms with Crippen LogP contribution in [0.25, 0.3) is 0 Å². The molecule has 140 valence electrons. The molecule has 1 amide bonds. The third-order valence-corrected chi connectivity index (χ3v) is 5.82. The summed E-state index contributed by atoms with van der Waals surface area (Å²) in [6, 6.07) is 8.97. The molecule has 0 aliphatic rings. The molecule has 0 atom stereocenters. The van der Waals surface area contributed by atoms with Gasteiger partial charge in [0.05, 0.1) is 11.4 Å². The van der Waals surface area contributed by atoms with Crippen LogP contribution in [0.4, 0.5) is 15.8 Å². The zero-order chi connectivity index (χ0) is 19.5. The molecule has 0 radical (unpaired) electrons. The number of nitrogens with one attached hydrogen (secondary N) is 2. The number of carbonyl (C=O) groups is 1. The maximum Gasteiger partial charge on any atom is 0.243 e. The number of hydrogen-bond donors (Lipinski definition) is 2. The average Bonchev–Trinajstić information content (AvgIpc) is 2.55. The Bertz CT molecular complexity index is 927. The van der Waals surface area contributed by atoms with Crippen LogP contribution in [0.1, 0.15) is 11.1 Å². The maximum atomic E-state index is 13.1. The predicted octanol–water partition coefficient (Wildman–Crippen LogP) is 2.74. The topological polar surface area (TPSA) is 78.5 Å². The Morgan fingerprint density at radius 1 is 1.08 bits per heavy atom. The molecule has 8 heteroatoms. The number of nitrogens with zero attached hydrogens (tertiary/aromatic N) is 1. The summed E-state index contributed by atoms with van der Waals surface area (Å²) in [5, 5.41) is 5.59. The van der Waals surface area contributed by atoms with Crippen LogP contribution in [0.5, 0.6) is 0 Å². The Kier molecular flexibility index (Phi) is 5.99. The van der Waals surface area contributed by atoms with Gasteiger partial charge in [-0.3, -0.25) is 4.79 Å². The van der Waals surface area contributed by atoms with Crippen molar-refractivity contribution in [1.82, 2.24) is 4.31 Å². The molecule has 0 aliphatic carbocycles. The molecule has 2 aromatic carbocycles. The minimum atomic E-state index is -3.60. The molecule has 2 aromatic rings. The van der Waals surface area contributed by atoms with Crippen molar-refractivity contribution < 1.29 is 17.6 Å². The quantitative estimate of drug-likeness (QED) is 0.809. The second-order valence-corrected chi connectivity index (χ2v) is 8.25. The molecule has 0 saturated carbocycles. The lowest BCUT2D eigenvalue weighted by Crippen LogP contribution is -2.24. The molecule has 6 nitrogen and oxygen atoms in total. The molecule has 0 fully saturated rings. The smallest absolute Gasteiger partial charge is 0.243 e. The van der Waals surface area contributed by atoms with Crippen LogP contribution in [0.3, 0.4) is 0 Å². The van der Waals surface area contributed by atoms with Crippen LogP contribution in [0.2, 0.25) is 0 Å². The highest BCUT2D eigenvalue weighted by atomic mass is 32.2. The van der Waals surface area contributed by atoms with Crippen molar-refractivity contribution in [2.24, 2.45) is 0 Å². The number of amides is 1. The molecule has 0 bridgehead atoms. The molecule has 26 heavy (non-hydrogen) atoms. The summed E-state index contributed by atoms with van der Waals surface area (Å²) in [5.74, 6) is -0.683. The summed E-state index contributed by atoms with van der Waals surface area (Å²) in [7, 11) is -0.693. The number of rotatable bonds is 6. The first-order chi connectivity index (χ1) is 12.1. The monoisotopic (exact) mass is 379 g/mol. The number of aryl methyl sites for hydroxylation is 2. The molecule has 0 spiro atoms. The van der Waals surface area contributed by atoms with E-state index in [1.807, 2.05) is 0 Å². The van der Waals surface area contributed by atoms with Crippen molar-refractivity contribution >= 4 is 27.3 Å². The van der Waals surface area contributed by atoms with Gasteiger partial charge >= 0.3 is 0 Å². The van der Waals surface area contributed by atoms with Crippen molar-refractivity contribution in [2.75, 3.05) is 31.3 Å². The van der Waals surface area contributed by atoms with Gasteiger partial charge in [-0.1, -0.05) is 6.07 Å². The van der Waals surface area contributed by atoms with Gasteiger partial charge in [-0.05, 0) is 55.3 Å². The minimum absolute atomic E-state index is 0.0316. The van der Waals surface area contributed by atoms with Gasteiger partial charge in [0.1, 0.15) is 5.82 Å². The van der Waals surface area contributed by atoms with Crippen LogP contribution in [-0.4, -0.2) is 39.3 Å². The van der Waals surface area contributed by atoms with E-state index in [0.29, 0.717) is 22.5 Å². The number of halogens is 1. The molecule has 0 heterocycles. The fourth-order valence-corrected chi connectivity index (χ4v) is 3.50. The minimum Gasteiger partial charge on any atom is -0.376 e. The van der Waals surface area contributed by atoms with Gasteiger partial charge in [0.15, 0.2) is 0 Å². The molecule has 2 N–H and O–H groups in total. The first-order valence-corrected chi connectivity index (χ1v) is 9.38. The molecule has 2 rings (SSSR count). The zero-order valence-corrected chi connectivity index (χ0v) is 15.9. The van der Waals surface area contributed by atoms with Gasteiger partial charge in [-0.25, -0.2) is 17.1 Å². The van der Waals surface area contributed by atoms with Gasteiger partial charge in [0, 0.05) is 25.5 Å². The molecular weight excluding hydrogens is 357 g/mol. The number of carbonyl (C=O) groups excluding carboxylic acids is 1. The Morgan fingerprint density at radius 3 is 2.38 bits per heavy atom. The summed E-state index contributed by atoms with van der Waals surface area (Å²) in [4.78, 5) is 12.3. The predicted molar refractivity (Wildman–Crippen MR) is 100 cm³/mol. The lowest BCUT2D eigenvalue weighted by molar-refractivity contribution is -0.114. The normalized spacial score (nSPS) is 11.5. The number of sulfonamides is 1. The zero-order valence-electron chi connectivity index (χ0n) is 15.1. The Hall–Kier alpha value is -2.45. The highest BCUT2D eigenvalue weighted by Gasteiger charge is 2.20. The SMILES string of the molecule is Cc1cc(F)ccc1NCC(=O)Nc1ccc(C)c(S(=O)(=O)N(C)C)c1. The summed E-state index contributed by atoms with van der Waals surface area (Å²) >= 11 is 0. The maximum absolute atomic E-state index is 13.1. The second kappa shape index (κ2) is 7.84. The van der Waals surface area contributed by atoms with E-state index in [0.717, 1.165) is 4.31 Å². The van der Waals surface area contributed by atoms with Crippen LogP contribution in [0.15, 0.2) is 41.3 Å². The van der Waals surface area contributed by atoms with Gasteiger partial charge < -0.3 is 10.6 Å². The van der Waals surface area contributed by atoms with E-state index in [4.69, 9.17) is 0 Å². The third-order valence-electron chi connectivity index (χ3n) is 3.86. The van der Waals surface area contributed by atoms with E-state index < -0.39 is 10.0 Å². The molecule has 0 unspecified atom stereocenters. The first-order valence-electron chi connectivity index (χ1n) is 7.94. The summed E-state index contributed by atoms with van der Waals surface area (Å²) in [6.07, 6.45) is 0. The Balaban J connectivity index is 2.10. The fourth-order valence-electron chi connectivity index (χ4n) is 2.36. The summed E-state index contributed by atoms with van der Waals surface area (Å²) in [6.45, 7) is 3.40. The van der Waals surface area contributed by atoms with E-state index in [1.165, 1.54) is 32.3 Å². The largest absolute Gasteiger partial charge is 0.376 e. The summed E-state index contributed by atoms with van der Waals surface area (Å²) < 4.78 is 38.9. The van der Waals surface area contributed by atoms with E-state index in [-0.39, 0.29) is 23.2 Å². The van der Waals surface area contributed by atoms with Gasteiger partial charge in [0.2, 0.25) is 15.9 Å². The van der Waals surface area contributed by atoms with Crippen molar-refractivity contribution in [3.63, 3.8) is 0 Å².